The second kappa shape index (κ2) is 4.95. The molecule has 0 saturated heterocycles. The molecule has 0 aliphatic heterocycles. The van der Waals surface area contributed by atoms with Gasteiger partial charge in [0.25, 0.3) is 0 Å². The Hall–Kier alpha value is 0.400. The molecule has 0 amide bonds. The molecular formula is C10H10Br2ClF. The smallest absolute Gasteiger partial charge is 0.146 e. The molecule has 0 fully saturated rings. The predicted octanol–water partition coefficient (Wildman–Crippen LogP) is 5.13. The molecule has 4 heteroatoms. The van der Waals surface area contributed by atoms with Gasteiger partial charge in [-0.25, -0.2) is 4.39 Å². The van der Waals surface area contributed by atoms with E-state index in [-0.39, 0.29) is 21.6 Å². The van der Waals surface area contributed by atoms with Gasteiger partial charge in [-0.15, -0.1) is 0 Å². The summed E-state index contributed by atoms with van der Waals surface area (Å²) in [5.74, 6) is -0.236. The van der Waals surface area contributed by atoms with E-state index in [1.54, 1.807) is 12.1 Å². The van der Waals surface area contributed by atoms with E-state index in [1.165, 1.54) is 0 Å². The van der Waals surface area contributed by atoms with Gasteiger partial charge in [0.2, 0.25) is 0 Å². The first-order valence-corrected chi connectivity index (χ1v) is 6.31. The monoisotopic (exact) mass is 342 g/mol. The van der Waals surface area contributed by atoms with E-state index in [0.29, 0.717) is 10.0 Å². The molecule has 2 atom stereocenters. The van der Waals surface area contributed by atoms with Crippen LogP contribution in [0.5, 0.6) is 0 Å². The molecule has 0 N–H and O–H groups in total. The van der Waals surface area contributed by atoms with E-state index in [4.69, 9.17) is 11.6 Å². The molecule has 0 aliphatic carbocycles. The van der Waals surface area contributed by atoms with Crippen LogP contribution in [0.1, 0.15) is 25.3 Å². The van der Waals surface area contributed by atoms with E-state index in [2.05, 4.69) is 31.9 Å². The van der Waals surface area contributed by atoms with Gasteiger partial charge in [-0.05, 0) is 33.5 Å². The lowest BCUT2D eigenvalue weighted by atomic mass is 9.98. The fraction of sp³-hybridized carbons (Fsp3) is 0.400. The highest BCUT2D eigenvalue weighted by atomic mass is 79.9. The van der Waals surface area contributed by atoms with Crippen molar-refractivity contribution in [2.75, 3.05) is 0 Å². The van der Waals surface area contributed by atoms with Gasteiger partial charge in [-0.3, -0.25) is 0 Å². The molecule has 0 nitrogen and oxygen atoms in total. The Bertz CT molecular complexity index is 339. The summed E-state index contributed by atoms with van der Waals surface area (Å²) in [6.45, 7) is 3.95. The van der Waals surface area contributed by atoms with E-state index < -0.39 is 0 Å². The van der Waals surface area contributed by atoms with Crippen LogP contribution in [0.4, 0.5) is 4.39 Å². The summed E-state index contributed by atoms with van der Waals surface area (Å²) in [6.07, 6.45) is 0. The number of halogens is 4. The summed E-state index contributed by atoms with van der Waals surface area (Å²) >= 11 is 12.4. The molecule has 78 valence electrons. The maximum atomic E-state index is 13.7. The number of hydrogen-bond acceptors (Lipinski definition) is 0. The standard InChI is InChI=1S/C10H10Br2ClF/c1-5(6(2)11)7-3-4-8(12)9(13)10(7)14/h3-6H,1-2H3. The van der Waals surface area contributed by atoms with Crippen molar-refractivity contribution >= 4 is 43.5 Å². The third-order valence-electron chi connectivity index (χ3n) is 2.24. The lowest BCUT2D eigenvalue weighted by Crippen LogP contribution is -2.07. The van der Waals surface area contributed by atoms with Gasteiger partial charge in [0, 0.05) is 9.30 Å². The van der Waals surface area contributed by atoms with E-state index in [0.717, 1.165) is 0 Å². The Balaban J connectivity index is 3.17. The largest absolute Gasteiger partial charge is 0.205 e. The van der Waals surface area contributed by atoms with Crippen LogP contribution in [-0.2, 0) is 0 Å². The Morgan fingerprint density at radius 3 is 2.43 bits per heavy atom. The maximum absolute atomic E-state index is 13.7. The SMILES string of the molecule is CC(Br)C(C)c1ccc(Br)c(Cl)c1F. The summed E-state index contributed by atoms with van der Waals surface area (Å²) in [7, 11) is 0. The van der Waals surface area contributed by atoms with Crippen molar-refractivity contribution in [3.05, 3.63) is 33.0 Å². The van der Waals surface area contributed by atoms with Crippen LogP contribution in [0, 0.1) is 5.82 Å². The van der Waals surface area contributed by atoms with Gasteiger partial charge in [0.05, 0.1) is 5.02 Å². The minimum atomic E-state index is -0.333. The maximum Gasteiger partial charge on any atom is 0.146 e. The van der Waals surface area contributed by atoms with Gasteiger partial charge in [0.1, 0.15) is 5.82 Å². The van der Waals surface area contributed by atoms with Crippen molar-refractivity contribution in [2.24, 2.45) is 0 Å². The van der Waals surface area contributed by atoms with Crippen LogP contribution in [0.15, 0.2) is 16.6 Å². The van der Waals surface area contributed by atoms with Crippen LogP contribution in [-0.4, -0.2) is 4.83 Å². The fourth-order valence-electron chi connectivity index (χ4n) is 1.14. The van der Waals surface area contributed by atoms with Crippen LogP contribution < -0.4 is 0 Å². The van der Waals surface area contributed by atoms with Crippen molar-refractivity contribution in [2.45, 2.75) is 24.6 Å². The summed E-state index contributed by atoms with van der Waals surface area (Å²) in [5.41, 5.74) is 0.641. The Morgan fingerprint density at radius 1 is 1.36 bits per heavy atom. The third-order valence-corrected chi connectivity index (χ3v) is 4.30. The number of alkyl halides is 1. The molecule has 0 bridgehead atoms. The molecule has 0 aromatic heterocycles. The molecule has 1 rings (SSSR count). The van der Waals surface area contributed by atoms with Crippen molar-refractivity contribution in [3.8, 4) is 0 Å². The van der Waals surface area contributed by atoms with Crippen molar-refractivity contribution in [1.82, 2.24) is 0 Å². The van der Waals surface area contributed by atoms with Gasteiger partial charge < -0.3 is 0 Å². The molecule has 0 radical (unpaired) electrons. The summed E-state index contributed by atoms with van der Waals surface area (Å²) < 4.78 is 14.3. The van der Waals surface area contributed by atoms with Crippen LogP contribution in [0.3, 0.4) is 0 Å². The quantitative estimate of drug-likeness (QED) is 0.515. The first-order chi connectivity index (χ1) is 6.45. The molecule has 0 spiro atoms. The normalized spacial score (nSPS) is 15.3. The molecule has 2 unspecified atom stereocenters. The minimum absolute atomic E-state index is 0.0978. The molecule has 1 aromatic carbocycles. The van der Waals surface area contributed by atoms with Crippen LogP contribution in [0.25, 0.3) is 0 Å². The highest BCUT2D eigenvalue weighted by Crippen LogP contribution is 2.33. The van der Waals surface area contributed by atoms with Crippen molar-refractivity contribution in [3.63, 3.8) is 0 Å². The number of benzene rings is 1. The predicted molar refractivity (Wildman–Crippen MR) is 65.9 cm³/mol. The second-order valence-corrected chi connectivity index (χ2v) is 5.91. The number of hydrogen-bond donors (Lipinski definition) is 0. The lowest BCUT2D eigenvalue weighted by molar-refractivity contribution is 0.588. The lowest BCUT2D eigenvalue weighted by Gasteiger charge is -2.16. The van der Waals surface area contributed by atoms with Gasteiger partial charge in [-0.2, -0.15) is 0 Å². The second-order valence-electron chi connectivity index (χ2n) is 3.23. The van der Waals surface area contributed by atoms with Crippen LogP contribution in [0.2, 0.25) is 5.02 Å². The average molecular weight is 344 g/mol. The summed E-state index contributed by atoms with van der Waals surface area (Å²) in [5, 5.41) is 0.155. The average Bonchev–Trinajstić information content (AvgIpc) is 2.13. The third kappa shape index (κ3) is 2.50. The molecular weight excluding hydrogens is 334 g/mol. The molecule has 0 saturated carbocycles. The zero-order valence-corrected chi connectivity index (χ0v) is 11.7. The Kier molecular flexibility index (Phi) is 4.41. The van der Waals surface area contributed by atoms with Gasteiger partial charge >= 0.3 is 0 Å². The Labute approximate surface area is 105 Å². The summed E-state index contributed by atoms with van der Waals surface area (Å²) in [6, 6.07) is 3.53. The van der Waals surface area contributed by atoms with Crippen molar-refractivity contribution in [1.29, 1.82) is 0 Å². The van der Waals surface area contributed by atoms with E-state index >= 15 is 0 Å². The van der Waals surface area contributed by atoms with Crippen molar-refractivity contribution < 1.29 is 4.39 Å². The first-order valence-electron chi connectivity index (χ1n) is 4.22. The molecule has 14 heavy (non-hydrogen) atoms. The first kappa shape index (κ1) is 12.5. The molecule has 1 aromatic rings. The number of rotatable bonds is 2. The van der Waals surface area contributed by atoms with Crippen LogP contribution >= 0.6 is 43.5 Å². The highest BCUT2D eigenvalue weighted by molar-refractivity contribution is 9.10. The van der Waals surface area contributed by atoms with Gasteiger partial charge in [-0.1, -0.05) is 47.4 Å². The fourth-order valence-corrected chi connectivity index (χ4v) is 1.90. The molecule has 0 aliphatic rings. The zero-order valence-electron chi connectivity index (χ0n) is 7.82. The van der Waals surface area contributed by atoms with E-state index in [9.17, 15) is 4.39 Å². The zero-order chi connectivity index (χ0) is 10.9. The Morgan fingerprint density at radius 2 is 1.93 bits per heavy atom. The topological polar surface area (TPSA) is 0 Å². The molecule has 0 heterocycles. The van der Waals surface area contributed by atoms with E-state index in [1.807, 2.05) is 13.8 Å². The highest BCUT2D eigenvalue weighted by Gasteiger charge is 2.18. The summed E-state index contributed by atoms with van der Waals surface area (Å²) in [4.78, 5) is 0.217. The minimum Gasteiger partial charge on any atom is -0.205 e. The van der Waals surface area contributed by atoms with Gasteiger partial charge in [0.15, 0.2) is 0 Å².